The Labute approximate surface area is 357 Å². The van der Waals surface area contributed by atoms with Gasteiger partial charge in [-0.05, 0) is 63.0 Å². The standard InChI is InChI=1S/C43H62F3N5O9S/c1-8-21-47-36(54)34(53)29(16-20-43(44,45)46)23-33(52)32-24-31(60-39(57)50-22-17-28-14-10-11-15-30(28)25-50)26-51(32)37(55)35(40(2,3)4)48-38(56)49-42(18-12-9-13-19-42)27-61(58,59)41(5,6)7/h8,10-11,14-15,29,31-32,35H,1,9,12-13,16-27H2,2-7H3,(H,47,54)(H2,48,49,56)/t29?,31?,32-,35+/m0/s1. The number of likely N-dealkylation sites (tertiary alicyclic amines) is 1. The number of nitrogens with zero attached hydrogens (tertiary/aromatic N) is 2. The van der Waals surface area contributed by atoms with Crippen LogP contribution in [0.4, 0.5) is 22.8 Å². The fraction of sp³-hybridized carbons (Fsp3) is 0.674. The SMILES string of the molecule is C=CCNC(=O)C(=O)C(CCC(F)(F)F)CC(=O)[C@@H]1CC(OC(=O)N2CCc3ccccc3C2)CN1C(=O)[C@@H](NC(=O)NC1(CS(=O)(=O)C(C)(C)C)CCCCC1)C(C)(C)C. The first kappa shape index (κ1) is 49.2. The van der Waals surface area contributed by atoms with Gasteiger partial charge >= 0.3 is 18.3 Å². The number of ketones is 2. The Kier molecular flexibility index (Phi) is 15.9. The van der Waals surface area contributed by atoms with Crippen molar-refractivity contribution in [2.75, 3.05) is 25.4 Å². The van der Waals surface area contributed by atoms with Crippen LogP contribution in [0.2, 0.25) is 0 Å². The average Bonchev–Trinajstić information content (AvgIpc) is 3.59. The summed E-state index contributed by atoms with van der Waals surface area (Å²) in [7, 11) is -3.70. The van der Waals surface area contributed by atoms with E-state index >= 15 is 0 Å². The zero-order valence-corrected chi connectivity index (χ0v) is 36.9. The van der Waals surface area contributed by atoms with Crippen molar-refractivity contribution >= 4 is 45.3 Å². The number of alkyl halides is 3. The maximum atomic E-state index is 14.7. The first-order chi connectivity index (χ1) is 28.3. The smallest absolute Gasteiger partial charge is 0.410 e. The normalized spacial score (nSPS) is 20.4. The first-order valence-corrected chi connectivity index (χ1v) is 22.6. The van der Waals surface area contributed by atoms with Gasteiger partial charge in [-0.2, -0.15) is 13.2 Å². The second-order valence-electron chi connectivity index (χ2n) is 18.7. The number of Topliss-reactive ketones (excluding diaryl/α,β-unsaturated/α-hetero) is 2. The van der Waals surface area contributed by atoms with Crippen LogP contribution in [-0.4, -0.2) is 114 Å². The van der Waals surface area contributed by atoms with E-state index in [0.717, 1.165) is 22.4 Å². The Morgan fingerprint density at radius 1 is 0.984 bits per heavy atom. The number of halogens is 3. The van der Waals surface area contributed by atoms with E-state index in [1.54, 1.807) is 41.5 Å². The molecular weight excluding hydrogens is 820 g/mol. The van der Waals surface area contributed by atoms with Gasteiger partial charge in [-0.25, -0.2) is 18.0 Å². The molecule has 4 rings (SSSR count). The van der Waals surface area contributed by atoms with Crippen molar-refractivity contribution in [1.29, 1.82) is 0 Å². The van der Waals surface area contributed by atoms with Gasteiger partial charge in [-0.1, -0.05) is 70.4 Å². The van der Waals surface area contributed by atoms with E-state index in [4.69, 9.17) is 4.74 Å². The Morgan fingerprint density at radius 3 is 2.21 bits per heavy atom. The van der Waals surface area contributed by atoms with Crippen molar-refractivity contribution < 1.29 is 55.1 Å². The molecule has 340 valence electrons. The van der Waals surface area contributed by atoms with Gasteiger partial charge in [0.2, 0.25) is 11.7 Å². The van der Waals surface area contributed by atoms with Crippen LogP contribution in [0.5, 0.6) is 0 Å². The highest BCUT2D eigenvalue weighted by atomic mass is 32.2. The topological polar surface area (TPSA) is 188 Å². The summed E-state index contributed by atoms with van der Waals surface area (Å²) in [5.41, 5.74) is -0.130. The molecule has 0 aromatic heterocycles. The van der Waals surface area contributed by atoms with Gasteiger partial charge < -0.3 is 30.5 Å². The molecule has 0 radical (unpaired) electrons. The van der Waals surface area contributed by atoms with Gasteiger partial charge in [0.25, 0.3) is 5.91 Å². The van der Waals surface area contributed by atoms with Crippen molar-refractivity contribution in [1.82, 2.24) is 25.8 Å². The van der Waals surface area contributed by atoms with Crippen LogP contribution >= 0.6 is 0 Å². The summed E-state index contributed by atoms with van der Waals surface area (Å²) >= 11 is 0. The number of carbonyl (C=O) groups is 6. The van der Waals surface area contributed by atoms with E-state index in [-0.39, 0.29) is 31.8 Å². The Bertz CT molecular complexity index is 1920. The minimum atomic E-state index is -4.71. The van der Waals surface area contributed by atoms with E-state index < -0.39 is 111 Å². The monoisotopic (exact) mass is 881 g/mol. The number of ether oxygens (including phenoxy) is 1. The fourth-order valence-electron chi connectivity index (χ4n) is 8.12. The van der Waals surface area contributed by atoms with Crippen LogP contribution in [0.15, 0.2) is 36.9 Å². The zero-order chi connectivity index (χ0) is 45.6. The van der Waals surface area contributed by atoms with Crippen LogP contribution < -0.4 is 16.0 Å². The quantitative estimate of drug-likeness (QED) is 0.150. The van der Waals surface area contributed by atoms with Crippen LogP contribution in [0, 0.1) is 11.3 Å². The number of amides is 5. The number of benzene rings is 1. The molecule has 2 heterocycles. The maximum Gasteiger partial charge on any atom is 0.410 e. The summed E-state index contributed by atoms with van der Waals surface area (Å²) in [6.45, 7) is 13.3. The number of hydrogen-bond acceptors (Lipinski definition) is 9. The second kappa shape index (κ2) is 19.7. The van der Waals surface area contributed by atoms with Gasteiger partial charge in [0.15, 0.2) is 15.6 Å². The molecule has 61 heavy (non-hydrogen) atoms. The molecule has 3 N–H and O–H groups in total. The summed E-state index contributed by atoms with van der Waals surface area (Å²) < 4.78 is 71.9. The van der Waals surface area contributed by atoms with Crippen molar-refractivity contribution in [2.45, 2.75) is 147 Å². The van der Waals surface area contributed by atoms with Crippen molar-refractivity contribution in [3.63, 3.8) is 0 Å². The van der Waals surface area contributed by atoms with Gasteiger partial charge in [-0.15, -0.1) is 6.58 Å². The molecule has 2 fully saturated rings. The van der Waals surface area contributed by atoms with Crippen LogP contribution in [0.3, 0.4) is 0 Å². The molecule has 3 aliphatic rings. The molecule has 1 saturated carbocycles. The molecular formula is C43H62F3N5O9S. The van der Waals surface area contributed by atoms with Gasteiger partial charge in [-0.3, -0.25) is 19.2 Å². The predicted octanol–water partition coefficient (Wildman–Crippen LogP) is 5.57. The van der Waals surface area contributed by atoms with Crippen LogP contribution in [-0.2, 0) is 46.7 Å². The number of rotatable bonds is 15. The number of nitrogens with one attached hydrogen (secondary N) is 3. The molecule has 2 aliphatic heterocycles. The average molecular weight is 882 g/mol. The highest BCUT2D eigenvalue weighted by Gasteiger charge is 2.48. The van der Waals surface area contributed by atoms with Crippen molar-refractivity contribution in [2.24, 2.45) is 11.3 Å². The second-order valence-corrected chi connectivity index (χ2v) is 21.4. The van der Waals surface area contributed by atoms with Crippen LogP contribution in [0.25, 0.3) is 0 Å². The van der Waals surface area contributed by atoms with E-state index in [1.807, 2.05) is 24.3 Å². The lowest BCUT2D eigenvalue weighted by atomic mass is 9.83. The molecule has 5 amide bonds. The Morgan fingerprint density at radius 2 is 1.62 bits per heavy atom. The largest absolute Gasteiger partial charge is 0.444 e. The minimum Gasteiger partial charge on any atom is -0.444 e. The highest BCUT2D eigenvalue weighted by Crippen LogP contribution is 2.34. The molecule has 18 heteroatoms. The Hall–Kier alpha value is -4.48. The summed E-state index contributed by atoms with van der Waals surface area (Å²) in [5.74, 6) is -6.04. The summed E-state index contributed by atoms with van der Waals surface area (Å²) in [5, 5.41) is 7.87. The lowest BCUT2D eigenvalue weighted by molar-refractivity contribution is -0.148. The van der Waals surface area contributed by atoms with Gasteiger partial charge in [0.1, 0.15) is 12.1 Å². The van der Waals surface area contributed by atoms with Gasteiger partial charge in [0.05, 0.1) is 28.6 Å². The molecule has 1 aromatic carbocycles. The third-order valence-corrected chi connectivity index (χ3v) is 14.6. The molecule has 1 aromatic rings. The van der Waals surface area contributed by atoms with E-state index in [1.165, 1.54) is 11.0 Å². The molecule has 1 saturated heterocycles. The molecule has 14 nitrogen and oxygen atoms in total. The van der Waals surface area contributed by atoms with Crippen LogP contribution in [0.1, 0.15) is 110 Å². The lowest BCUT2D eigenvalue weighted by Gasteiger charge is -2.41. The maximum absolute atomic E-state index is 14.7. The molecule has 0 bridgehead atoms. The Balaban J connectivity index is 1.63. The van der Waals surface area contributed by atoms with Gasteiger partial charge in [0, 0.05) is 44.8 Å². The minimum absolute atomic E-state index is 0.145. The van der Waals surface area contributed by atoms with E-state index in [0.29, 0.717) is 38.6 Å². The first-order valence-electron chi connectivity index (χ1n) is 20.9. The number of fused-ring (bicyclic) bond motifs is 1. The number of sulfone groups is 1. The highest BCUT2D eigenvalue weighted by molar-refractivity contribution is 7.92. The number of urea groups is 1. The number of carbonyl (C=O) groups excluding carboxylic acids is 6. The summed E-state index contributed by atoms with van der Waals surface area (Å²) in [6.07, 6.45) is -5.07. The molecule has 2 unspecified atom stereocenters. The van der Waals surface area contributed by atoms with E-state index in [9.17, 15) is 50.4 Å². The summed E-state index contributed by atoms with van der Waals surface area (Å²) in [6, 6.07) is 4.04. The predicted molar refractivity (Wildman–Crippen MR) is 222 cm³/mol. The third-order valence-electron chi connectivity index (χ3n) is 11.8. The number of hydrogen-bond donors (Lipinski definition) is 3. The molecule has 4 atom stereocenters. The van der Waals surface area contributed by atoms with Crippen molar-refractivity contribution in [3.05, 3.63) is 48.0 Å². The fourth-order valence-corrected chi connectivity index (χ4v) is 9.64. The van der Waals surface area contributed by atoms with Crippen molar-refractivity contribution in [3.8, 4) is 0 Å². The summed E-state index contributed by atoms with van der Waals surface area (Å²) in [4.78, 5) is 84.9. The lowest BCUT2D eigenvalue weighted by Crippen LogP contribution is -2.63. The van der Waals surface area contributed by atoms with E-state index in [2.05, 4.69) is 22.5 Å². The zero-order valence-electron chi connectivity index (χ0n) is 36.1. The molecule has 0 spiro atoms. The molecule has 1 aliphatic carbocycles. The third kappa shape index (κ3) is 13.3.